The quantitative estimate of drug-likeness (QED) is 0.810. The minimum atomic E-state index is -3.60. The molecule has 25 heavy (non-hydrogen) atoms. The summed E-state index contributed by atoms with van der Waals surface area (Å²) in [4.78, 5) is 0.204. The molecule has 0 N–H and O–H groups in total. The summed E-state index contributed by atoms with van der Waals surface area (Å²) in [6, 6.07) is 6.89. The van der Waals surface area contributed by atoms with Crippen LogP contribution in [0.2, 0.25) is 0 Å². The fourth-order valence-electron chi connectivity index (χ4n) is 3.36. The summed E-state index contributed by atoms with van der Waals surface area (Å²) in [6.07, 6.45) is 3.70. The average Bonchev–Trinajstić information content (AvgIpc) is 3.07. The van der Waals surface area contributed by atoms with Crippen LogP contribution in [0.15, 0.2) is 33.7 Å². The van der Waals surface area contributed by atoms with Gasteiger partial charge in [-0.3, -0.25) is 0 Å². The van der Waals surface area contributed by atoms with E-state index in [2.05, 4.69) is 5.16 Å². The Morgan fingerprint density at radius 1 is 1.32 bits per heavy atom. The summed E-state index contributed by atoms with van der Waals surface area (Å²) in [7, 11) is -2.11. The molecule has 1 aliphatic heterocycles. The molecule has 0 amide bonds. The second kappa shape index (κ2) is 7.17. The van der Waals surface area contributed by atoms with Crippen LogP contribution >= 0.6 is 0 Å². The number of aromatic nitrogens is 1. The molecule has 6 nitrogen and oxygen atoms in total. The molecule has 1 aliphatic rings. The fraction of sp³-hybridized carbons (Fsp3) is 0.500. The lowest BCUT2D eigenvalue weighted by Crippen LogP contribution is -2.43. The van der Waals surface area contributed by atoms with Gasteiger partial charge in [-0.15, -0.1) is 0 Å². The number of methoxy groups -OCH3 is 1. The third kappa shape index (κ3) is 3.43. The number of piperidine rings is 1. The van der Waals surface area contributed by atoms with Crippen LogP contribution < -0.4 is 4.74 Å². The highest BCUT2D eigenvalue weighted by atomic mass is 32.2. The molecular formula is C18H24N2O4S. The normalized spacial score (nSPS) is 19.1. The molecule has 7 heteroatoms. The predicted molar refractivity (Wildman–Crippen MR) is 95.0 cm³/mol. The van der Waals surface area contributed by atoms with Crippen LogP contribution in [0, 0.1) is 6.92 Å². The van der Waals surface area contributed by atoms with Crippen molar-refractivity contribution in [2.75, 3.05) is 13.7 Å². The van der Waals surface area contributed by atoms with Gasteiger partial charge in [0.1, 0.15) is 10.6 Å². The zero-order valence-electron chi connectivity index (χ0n) is 14.9. The van der Waals surface area contributed by atoms with E-state index < -0.39 is 10.0 Å². The van der Waals surface area contributed by atoms with Crippen molar-refractivity contribution in [3.63, 3.8) is 0 Å². The van der Waals surface area contributed by atoms with Gasteiger partial charge in [0, 0.05) is 24.2 Å². The first kappa shape index (κ1) is 17.9. The van der Waals surface area contributed by atoms with Crippen molar-refractivity contribution in [3.05, 3.63) is 30.0 Å². The van der Waals surface area contributed by atoms with Crippen LogP contribution in [-0.4, -0.2) is 37.6 Å². The molecule has 136 valence electrons. The van der Waals surface area contributed by atoms with Crippen molar-refractivity contribution < 1.29 is 17.7 Å². The Hall–Kier alpha value is -1.86. The Balaban J connectivity index is 2.01. The van der Waals surface area contributed by atoms with Crippen LogP contribution in [0.5, 0.6) is 5.75 Å². The van der Waals surface area contributed by atoms with Crippen LogP contribution in [0.1, 0.15) is 38.3 Å². The summed E-state index contributed by atoms with van der Waals surface area (Å²) < 4.78 is 38.7. The number of hydrogen-bond acceptors (Lipinski definition) is 5. The van der Waals surface area contributed by atoms with Gasteiger partial charge >= 0.3 is 0 Å². The van der Waals surface area contributed by atoms with Gasteiger partial charge in [0.25, 0.3) is 0 Å². The Labute approximate surface area is 148 Å². The van der Waals surface area contributed by atoms with Crippen molar-refractivity contribution in [1.29, 1.82) is 0 Å². The number of aryl methyl sites for hydroxylation is 1. The highest BCUT2D eigenvalue weighted by molar-refractivity contribution is 7.89. The third-order valence-electron chi connectivity index (χ3n) is 4.71. The molecule has 0 spiro atoms. The molecule has 1 aromatic heterocycles. The summed E-state index contributed by atoms with van der Waals surface area (Å²) in [5.41, 5.74) is 1.51. The molecule has 1 atom stereocenters. The first-order valence-electron chi connectivity index (χ1n) is 8.61. The fourth-order valence-corrected chi connectivity index (χ4v) is 5.26. The van der Waals surface area contributed by atoms with Crippen molar-refractivity contribution in [2.24, 2.45) is 0 Å². The highest BCUT2D eigenvalue weighted by Gasteiger charge is 2.34. The maximum absolute atomic E-state index is 13.2. The monoisotopic (exact) mass is 364 g/mol. The molecule has 1 fully saturated rings. The summed E-state index contributed by atoms with van der Waals surface area (Å²) in [5, 5.41) is 3.87. The molecule has 0 aliphatic carbocycles. The van der Waals surface area contributed by atoms with Crippen LogP contribution in [0.3, 0.4) is 0 Å². The van der Waals surface area contributed by atoms with Crippen LogP contribution in [0.4, 0.5) is 0 Å². The smallest absolute Gasteiger partial charge is 0.247 e. The summed E-state index contributed by atoms with van der Waals surface area (Å²) in [5.74, 6) is 0.913. The van der Waals surface area contributed by atoms with Crippen molar-refractivity contribution in [1.82, 2.24) is 9.46 Å². The van der Waals surface area contributed by atoms with Gasteiger partial charge in [0.15, 0.2) is 5.76 Å². The zero-order chi connectivity index (χ0) is 18.0. The number of hydrogen-bond donors (Lipinski definition) is 0. The second-order valence-corrected chi connectivity index (χ2v) is 8.23. The number of sulfonamides is 1. The van der Waals surface area contributed by atoms with E-state index in [1.807, 2.05) is 13.8 Å². The number of benzene rings is 1. The maximum atomic E-state index is 13.2. The van der Waals surface area contributed by atoms with Crippen molar-refractivity contribution in [2.45, 2.75) is 50.5 Å². The number of rotatable bonds is 5. The molecular weight excluding hydrogens is 340 g/mol. The van der Waals surface area contributed by atoms with E-state index >= 15 is 0 Å². The average molecular weight is 364 g/mol. The molecule has 0 saturated carbocycles. The van der Waals surface area contributed by atoms with Crippen molar-refractivity contribution in [3.8, 4) is 17.1 Å². The Kier molecular flexibility index (Phi) is 5.15. The van der Waals surface area contributed by atoms with Crippen LogP contribution in [-0.2, 0) is 10.0 Å². The topological polar surface area (TPSA) is 72.6 Å². The van der Waals surface area contributed by atoms with E-state index in [0.29, 0.717) is 18.1 Å². The lowest BCUT2D eigenvalue weighted by atomic mass is 10.0. The molecule has 0 bridgehead atoms. The Morgan fingerprint density at radius 3 is 2.76 bits per heavy atom. The molecule has 0 radical (unpaired) electrons. The minimum absolute atomic E-state index is 0.0556. The molecule has 1 aromatic carbocycles. The lowest BCUT2D eigenvalue weighted by Gasteiger charge is -2.34. The van der Waals surface area contributed by atoms with Gasteiger partial charge in [-0.25, -0.2) is 8.42 Å². The first-order valence-corrected chi connectivity index (χ1v) is 10.0. The number of ether oxygens (including phenoxy) is 1. The zero-order valence-corrected chi connectivity index (χ0v) is 15.7. The van der Waals surface area contributed by atoms with Gasteiger partial charge in [0.2, 0.25) is 10.0 Å². The van der Waals surface area contributed by atoms with Gasteiger partial charge in [-0.2, -0.15) is 4.31 Å². The van der Waals surface area contributed by atoms with E-state index in [0.717, 1.165) is 36.9 Å². The Bertz CT molecular complexity index is 845. The SMILES string of the molecule is CC[C@@H]1CCCCN1S(=O)(=O)c1ccc(-c2cc(C)no2)cc1OC. The molecule has 1 saturated heterocycles. The van der Waals surface area contributed by atoms with E-state index in [9.17, 15) is 8.42 Å². The van der Waals surface area contributed by atoms with E-state index in [1.165, 1.54) is 7.11 Å². The third-order valence-corrected chi connectivity index (χ3v) is 6.70. The summed E-state index contributed by atoms with van der Waals surface area (Å²) >= 11 is 0. The van der Waals surface area contributed by atoms with Gasteiger partial charge in [-0.1, -0.05) is 18.5 Å². The van der Waals surface area contributed by atoms with Gasteiger partial charge in [0.05, 0.1) is 12.8 Å². The Morgan fingerprint density at radius 2 is 2.12 bits per heavy atom. The van der Waals surface area contributed by atoms with E-state index in [4.69, 9.17) is 9.26 Å². The largest absolute Gasteiger partial charge is 0.495 e. The minimum Gasteiger partial charge on any atom is -0.495 e. The second-order valence-electron chi connectivity index (χ2n) is 6.37. The lowest BCUT2D eigenvalue weighted by molar-refractivity contribution is 0.246. The highest BCUT2D eigenvalue weighted by Crippen LogP contribution is 2.34. The maximum Gasteiger partial charge on any atom is 0.247 e. The van der Waals surface area contributed by atoms with Gasteiger partial charge in [-0.05, 0) is 44.4 Å². The molecule has 3 rings (SSSR count). The predicted octanol–water partition coefficient (Wildman–Crippen LogP) is 3.61. The van der Waals surface area contributed by atoms with E-state index in [-0.39, 0.29) is 10.9 Å². The van der Waals surface area contributed by atoms with Gasteiger partial charge < -0.3 is 9.26 Å². The molecule has 2 heterocycles. The summed E-state index contributed by atoms with van der Waals surface area (Å²) in [6.45, 7) is 4.43. The first-order chi connectivity index (χ1) is 12.0. The standard InChI is InChI=1S/C18H24N2O4S/c1-4-15-7-5-6-10-20(15)25(21,22)18-9-8-14(12-17(18)23-3)16-11-13(2)19-24-16/h8-9,11-12,15H,4-7,10H2,1-3H3/t15-/m1/s1. The van der Waals surface area contributed by atoms with Crippen LogP contribution in [0.25, 0.3) is 11.3 Å². The van der Waals surface area contributed by atoms with E-state index in [1.54, 1.807) is 28.6 Å². The molecule has 2 aromatic rings. The number of nitrogens with zero attached hydrogens (tertiary/aromatic N) is 2. The van der Waals surface area contributed by atoms with Crippen molar-refractivity contribution >= 4 is 10.0 Å². The molecule has 0 unspecified atom stereocenters.